The van der Waals surface area contributed by atoms with Gasteiger partial charge < -0.3 is 18.8 Å². The predicted molar refractivity (Wildman–Crippen MR) is 134 cm³/mol. The van der Waals surface area contributed by atoms with E-state index >= 15 is 0 Å². The lowest BCUT2D eigenvalue weighted by molar-refractivity contribution is -0.890. The van der Waals surface area contributed by atoms with E-state index in [-0.39, 0.29) is 0 Å². The number of benzene rings is 3. The van der Waals surface area contributed by atoms with Crippen molar-refractivity contribution in [2.24, 2.45) is 0 Å². The van der Waals surface area contributed by atoms with E-state index in [0.29, 0.717) is 12.4 Å². The Kier molecular flexibility index (Phi) is 7.46. The maximum Gasteiger partial charge on any atom is 0.177 e. The average Bonchev–Trinajstić information content (AvgIpc) is 3.37. The maximum atomic E-state index is 11.9. The fourth-order valence-corrected chi connectivity index (χ4v) is 4.14. The second kappa shape index (κ2) is 10.7. The molecule has 0 amide bonds. The number of ether oxygens (including phenoxy) is 1. The number of nitrogens with zero attached hydrogens (tertiary/aromatic N) is 2. The minimum atomic E-state index is -1.40. The third-order valence-electron chi connectivity index (χ3n) is 6.19. The molecule has 0 fully saturated rings. The van der Waals surface area contributed by atoms with Crippen LogP contribution in [0, 0.1) is 0 Å². The van der Waals surface area contributed by atoms with Crippen LogP contribution >= 0.6 is 0 Å². The topological polar surface area (TPSA) is 55.5 Å². The van der Waals surface area contributed by atoms with E-state index in [1.54, 1.807) is 0 Å². The third kappa shape index (κ3) is 5.74. The number of quaternary nitrogens is 1. The van der Waals surface area contributed by atoms with E-state index in [9.17, 15) is 5.11 Å². The van der Waals surface area contributed by atoms with Gasteiger partial charge in [0.05, 0.1) is 39.5 Å². The summed E-state index contributed by atoms with van der Waals surface area (Å²) in [5, 5.41) is 16.2. The van der Waals surface area contributed by atoms with Gasteiger partial charge in [0, 0.05) is 18.9 Å². The first kappa shape index (κ1) is 23.7. The number of rotatable bonds is 11. The van der Waals surface area contributed by atoms with Gasteiger partial charge in [0.15, 0.2) is 11.4 Å². The van der Waals surface area contributed by atoms with Gasteiger partial charge in [0.25, 0.3) is 0 Å². The van der Waals surface area contributed by atoms with Gasteiger partial charge >= 0.3 is 0 Å². The van der Waals surface area contributed by atoms with E-state index in [4.69, 9.17) is 9.26 Å². The Morgan fingerprint density at radius 1 is 0.824 bits per heavy atom. The molecule has 0 aliphatic carbocycles. The van der Waals surface area contributed by atoms with Crippen LogP contribution in [-0.2, 0) is 12.0 Å². The van der Waals surface area contributed by atoms with Crippen molar-refractivity contribution in [3.8, 4) is 5.75 Å². The van der Waals surface area contributed by atoms with Crippen LogP contribution in [0.5, 0.6) is 5.75 Å². The molecule has 5 nitrogen and oxygen atoms in total. The second-order valence-corrected chi connectivity index (χ2v) is 9.27. The SMILES string of the molecule is C[N+](C)(CCCOc1ccccc1)CCc1cc(C(O)(c2ccccc2)c2ccccc2)on1. The van der Waals surface area contributed by atoms with Crippen LogP contribution in [-0.4, -0.2) is 48.5 Å². The van der Waals surface area contributed by atoms with E-state index in [0.717, 1.165) is 53.0 Å². The number of likely N-dealkylation sites (N-methyl/N-ethyl adjacent to an activating group) is 1. The Morgan fingerprint density at radius 3 is 1.97 bits per heavy atom. The summed E-state index contributed by atoms with van der Waals surface area (Å²) in [6.45, 7) is 2.60. The summed E-state index contributed by atoms with van der Waals surface area (Å²) in [5.74, 6) is 1.34. The predicted octanol–water partition coefficient (Wildman–Crippen LogP) is 5.05. The molecule has 0 aliphatic rings. The zero-order valence-corrected chi connectivity index (χ0v) is 19.9. The molecule has 176 valence electrons. The minimum absolute atomic E-state index is 0.432. The molecule has 0 bridgehead atoms. The number of hydrogen-bond donors (Lipinski definition) is 1. The van der Waals surface area contributed by atoms with Crippen molar-refractivity contribution < 1.29 is 18.8 Å². The first-order valence-electron chi connectivity index (χ1n) is 11.8. The molecule has 0 radical (unpaired) electrons. The van der Waals surface area contributed by atoms with Gasteiger partial charge in [0.1, 0.15) is 5.75 Å². The van der Waals surface area contributed by atoms with Gasteiger partial charge in [-0.3, -0.25) is 0 Å². The largest absolute Gasteiger partial charge is 0.493 e. The molecule has 5 heteroatoms. The molecule has 0 aliphatic heterocycles. The average molecular weight is 458 g/mol. The van der Waals surface area contributed by atoms with Crippen LogP contribution < -0.4 is 4.74 Å². The highest BCUT2D eigenvalue weighted by Gasteiger charge is 2.38. The van der Waals surface area contributed by atoms with Crippen molar-refractivity contribution in [2.75, 3.05) is 33.8 Å². The molecule has 0 spiro atoms. The molecular formula is C29H33N2O3+. The van der Waals surface area contributed by atoms with Gasteiger partial charge in [0.2, 0.25) is 0 Å². The highest BCUT2D eigenvalue weighted by Crippen LogP contribution is 2.36. The van der Waals surface area contributed by atoms with Gasteiger partial charge in [-0.25, -0.2) is 0 Å². The Labute approximate surface area is 201 Å². The van der Waals surface area contributed by atoms with Gasteiger partial charge in [-0.05, 0) is 23.3 Å². The Morgan fingerprint density at radius 2 is 1.38 bits per heavy atom. The molecular weight excluding hydrogens is 424 g/mol. The van der Waals surface area contributed by atoms with Crippen molar-refractivity contribution >= 4 is 0 Å². The lowest BCUT2D eigenvalue weighted by atomic mass is 9.84. The fourth-order valence-electron chi connectivity index (χ4n) is 4.14. The molecule has 0 atom stereocenters. The summed E-state index contributed by atoms with van der Waals surface area (Å²) < 4.78 is 12.4. The number of hydrogen-bond acceptors (Lipinski definition) is 4. The summed E-state index contributed by atoms with van der Waals surface area (Å²) in [6, 6.07) is 31.0. The quantitative estimate of drug-likeness (QED) is 0.253. The van der Waals surface area contributed by atoms with Crippen molar-refractivity contribution in [2.45, 2.75) is 18.4 Å². The van der Waals surface area contributed by atoms with Gasteiger partial charge in [-0.2, -0.15) is 0 Å². The third-order valence-corrected chi connectivity index (χ3v) is 6.19. The summed E-state index contributed by atoms with van der Waals surface area (Å²) in [7, 11) is 4.43. The van der Waals surface area contributed by atoms with E-state index in [1.807, 2.05) is 97.1 Å². The van der Waals surface area contributed by atoms with Crippen LogP contribution in [0.2, 0.25) is 0 Å². The van der Waals surface area contributed by atoms with Crippen LogP contribution in [0.3, 0.4) is 0 Å². The smallest absolute Gasteiger partial charge is 0.177 e. The summed E-state index contributed by atoms with van der Waals surface area (Å²) in [4.78, 5) is 0. The highest BCUT2D eigenvalue weighted by atomic mass is 16.5. The van der Waals surface area contributed by atoms with Crippen LogP contribution in [0.4, 0.5) is 0 Å². The number of aromatic nitrogens is 1. The van der Waals surface area contributed by atoms with Crippen LogP contribution in [0.25, 0.3) is 0 Å². The van der Waals surface area contributed by atoms with Crippen LogP contribution in [0.1, 0.15) is 29.0 Å². The van der Waals surface area contributed by atoms with Crippen molar-refractivity contribution in [1.29, 1.82) is 0 Å². The second-order valence-electron chi connectivity index (χ2n) is 9.27. The Hall–Kier alpha value is -3.41. The first-order valence-corrected chi connectivity index (χ1v) is 11.8. The Balaban J connectivity index is 1.39. The normalized spacial score (nSPS) is 12.0. The van der Waals surface area contributed by atoms with Gasteiger partial charge in [-0.15, -0.1) is 0 Å². The lowest BCUT2D eigenvalue weighted by Crippen LogP contribution is -2.42. The molecule has 34 heavy (non-hydrogen) atoms. The van der Waals surface area contributed by atoms with E-state index in [2.05, 4.69) is 19.3 Å². The standard InChI is InChI=1S/C29H33N2O3/c1-31(2,20-12-22-33-27-17-10-5-11-18-27)21-19-26-23-28(34-30-26)29(32,24-13-6-3-7-14-24)25-15-8-4-9-16-25/h3-11,13-18,23,32H,12,19-22H2,1-2H3/q+1. The molecule has 1 heterocycles. The molecule has 0 saturated heterocycles. The lowest BCUT2D eigenvalue weighted by Gasteiger charge is -2.29. The molecule has 3 aromatic carbocycles. The zero-order chi connectivity index (χ0) is 23.9. The molecule has 1 aromatic heterocycles. The number of aliphatic hydroxyl groups is 1. The summed E-state index contributed by atoms with van der Waals surface area (Å²) in [5.41, 5.74) is 0.941. The van der Waals surface area contributed by atoms with Crippen LogP contribution in [0.15, 0.2) is 102 Å². The monoisotopic (exact) mass is 457 g/mol. The van der Waals surface area contributed by atoms with Gasteiger partial charge in [-0.1, -0.05) is 84.0 Å². The van der Waals surface area contributed by atoms with E-state index < -0.39 is 5.60 Å². The molecule has 4 aromatic rings. The fraction of sp³-hybridized carbons (Fsp3) is 0.276. The minimum Gasteiger partial charge on any atom is -0.493 e. The summed E-state index contributed by atoms with van der Waals surface area (Å²) >= 11 is 0. The Bertz CT molecular complexity index is 1100. The molecule has 4 rings (SSSR count). The highest BCUT2D eigenvalue weighted by molar-refractivity contribution is 5.43. The van der Waals surface area contributed by atoms with Crippen molar-refractivity contribution in [3.63, 3.8) is 0 Å². The van der Waals surface area contributed by atoms with Crippen molar-refractivity contribution in [1.82, 2.24) is 5.16 Å². The number of para-hydroxylation sites is 1. The molecule has 0 unspecified atom stereocenters. The van der Waals surface area contributed by atoms with E-state index in [1.165, 1.54) is 0 Å². The molecule has 0 saturated carbocycles. The zero-order valence-electron chi connectivity index (χ0n) is 19.9. The summed E-state index contributed by atoms with van der Waals surface area (Å²) in [6.07, 6.45) is 1.73. The first-order chi connectivity index (χ1) is 16.5. The van der Waals surface area contributed by atoms with Crippen molar-refractivity contribution in [3.05, 3.63) is 120 Å². The maximum absolute atomic E-state index is 11.9. The molecule has 1 N–H and O–H groups in total.